The molecule has 0 bridgehead atoms. The predicted molar refractivity (Wildman–Crippen MR) is 125 cm³/mol. The highest BCUT2D eigenvalue weighted by molar-refractivity contribution is 7.86. The van der Waals surface area contributed by atoms with E-state index in [-0.39, 0.29) is 56.1 Å². The van der Waals surface area contributed by atoms with Crippen LogP contribution >= 0.6 is 0 Å². The largest absolute Gasteiger partial charge is 0.373 e. The van der Waals surface area contributed by atoms with Crippen molar-refractivity contribution in [2.24, 2.45) is 5.92 Å². The molecule has 2 heterocycles. The smallest absolute Gasteiger partial charge is 0.282 e. The Morgan fingerprint density at radius 2 is 1.58 bits per heavy atom. The number of carbonyl (C=O) groups is 2. The molecule has 0 saturated carbocycles. The molecule has 33 heavy (non-hydrogen) atoms. The Kier molecular flexibility index (Phi) is 8.49. The third-order valence-corrected chi connectivity index (χ3v) is 7.84. The third-order valence-electron chi connectivity index (χ3n) is 5.87. The lowest BCUT2D eigenvalue weighted by Crippen LogP contribution is -2.58. The molecule has 1 aromatic carbocycles. The molecular weight excluding hydrogens is 444 g/mol. The number of hydrogen-bond acceptors (Lipinski definition) is 5. The number of amides is 2. The standard InChI is InChI=1S/C23H36N4O5S/c1-17(2)14-21(28)24-22(20-8-6-5-7-9-20)23(29)25-10-12-26(13-11-25)33(30,31)27-15-18(3)32-19(4)16-27/h5-9,17-19,22H,10-16H2,1-4H3,(H,24,28). The van der Waals surface area contributed by atoms with Gasteiger partial charge in [-0.1, -0.05) is 44.2 Å². The van der Waals surface area contributed by atoms with Crippen LogP contribution in [0.25, 0.3) is 0 Å². The summed E-state index contributed by atoms with van der Waals surface area (Å²) in [6, 6.07) is 8.37. The average molecular weight is 481 g/mol. The van der Waals surface area contributed by atoms with Crippen molar-refractivity contribution in [3.05, 3.63) is 35.9 Å². The van der Waals surface area contributed by atoms with Gasteiger partial charge < -0.3 is 15.0 Å². The molecule has 0 aliphatic carbocycles. The molecule has 0 aromatic heterocycles. The number of nitrogens with one attached hydrogen (secondary N) is 1. The lowest BCUT2D eigenvalue weighted by Gasteiger charge is -2.40. The number of hydrogen-bond donors (Lipinski definition) is 1. The summed E-state index contributed by atoms with van der Waals surface area (Å²) in [4.78, 5) is 27.5. The molecule has 3 unspecified atom stereocenters. The first-order valence-electron chi connectivity index (χ1n) is 11.6. The van der Waals surface area contributed by atoms with E-state index in [4.69, 9.17) is 4.74 Å². The fourth-order valence-corrected chi connectivity index (χ4v) is 6.08. The molecule has 2 amide bonds. The first-order chi connectivity index (χ1) is 15.6. The number of nitrogens with zero attached hydrogens (tertiary/aromatic N) is 3. The van der Waals surface area contributed by atoms with Crippen LogP contribution < -0.4 is 5.32 Å². The van der Waals surface area contributed by atoms with Crippen LogP contribution in [-0.4, -0.2) is 85.2 Å². The van der Waals surface area contributed by atoms with Crippen molar-refractivity contribution in [3.8, 4) is 0 Å². The van der Waals surface area contributed by atoms with Gasteiger partial charge in [-0.15, -0.1) is 0 Å². The number of ether oxygens (including phenoxy) is 1. The highest BCUT2D eigenvalue weighted by atomic mass is 32.2. The summed E-state index contributed by atoms with van der Waals surface area (Å²) in [6.07, 6.45) is 0.0129. The highest BCUT2D eigenvalue weighted by Crippen LogP contribution is 2.21. The zero-order valence-corrected chi connectivity index (χ0v) is 20.8. The molecule has 0 spiro atoms. The summed E-state index contributed by atoms with van der Waals surface area (Å²) in [7, 11) is -3.63. The quantitative estimate of drug-likeness (QED) is 0.636. The molecule has 1 N–H and O–H groups in total. The van der Waals surface area contributed by atoms with E-state index in [0.717, 1.165) is 0 Å². The minimum Gasteiger partial charge on any atom is -0.373 e. The van der Waals surface area contributed by atoms with Crippen molar-refractivity contribution < 1.29 is 22.7 Å². The molecule has 1 aromatic rings. The molecule has 9 nitrogen and oxygen atoms in total. The van der Waals surface area contributed by atoms with Crippen molar-refractivity contribution >= 4 is 22.0 Å². The lowest BCUT2D eigenvalue weighted by atomic mass is 10.0. The number of carbonyl (C=O) groups excluding carboxylic acids is 2. The molecule has 2 saturated heterocycles. The van der Waals surface area contributed by atoms with Crippen LogP contribution in [-0.2, 0) is 24.5 Å². The van der Waals surface area contributed by atoms with Gasteiger partial charge in [-0.05, 0) is 25.3 Å². The van der Waals surface area contributed by atoms with E-state index in [0.29, 0.717) is 25.1 Å². The average Bonchev–Trinajstić information content (AvgIpc) is 2.76. The summed E-state index contributed by atoms with van der Waals surface area (Å²) in [5.74, 6) is -0.219. The van der Waals surface area contributed by atoms with Crippen molar-refractivity contribution in [2.75, 3.05) is 39.3 Å². The third kappa shape index (κ3) is 6.53. The topological polar surface area (TPSA) is 99.3 Å². The van der Waals surface area contributed by atoms with Crippen LogP contribution in [0.5, 0.6) is 0 Å². The van der Waals surface area contributed by atoms with E-state index in [1.54, 1.807) is 4.90 Å². The number of piperazine rings is 1. The van der Waals surface area contributed by atoms with Gasteiger partial charge in [-0.3, -0.25) is 9.59 Å². The molecule has 2 fully saturated rings. The Bertz CT molecular complexity index is 906. The maximum absolute atomic E-state index is 13.4. The predicted octanol–water partition coefficient (Wildman–Crippen LogP) is 1.39. The molecule has 0 radical (unpaired) electrons. The van der Waals surface area contributed by atoms with Gasteiger partial charge in [0.2, 0.25) is 11.8 Å². The van der Waals surface area contributed by atoms with E-state index in [1.807, 2.05) is 58.0 Å². The Labute approximate surface area is 197 Å². The molecule has 3 rings (SSSR count). The Hall–Kier alpha value is -2.01. The summed E-state index contributed by atoms with van der Waals surface area (Å²) in [5, 5.41) is 2.88. The molecule has 184 valence electrons. The minimum absolute atomic E-state index is 0.160. The Balaban J connectivity index is 1.67. The van der Waals surface area contributed by atoms with E-state index in [1.165, 1.54) is 8.61 Å². The van der Waals surface area contributed by atoms with Gasteiger partial charge in [-0.25, -0.2) is 0 Å². The van der Waals surface area contributed by atoms with Crippen LogP contribution in [0.3, 0.4) is 0 Å². The van der Waals surface area contributed by atoms with Crippen LogP contribution in [0, 0.1) is 5.92 Å². The molecule has 10 heteroatoms. The normalized spacial score (nSPS) is 24.0. The second kappa shape index (κ2) is 10.9. The van der Waals surface area contributed by atoms with E-state index >= 15 is 0 Å². The number of morpholine rings is 1. The van der Waals surface area contributed by atoms with E-state index in [2.05, 4.69) is 5.32 Å². The summed E-state index contributed by atoms with van der Waals surface area (Å²) in [6.45, 7) is 9.27. The van der Waals surface area contributed by atoms with E-state index < -0.39 is 16.3 Å². The van der Waals surface area contributed by atoms with Gasteiger partial charge >= 0.3 is 0 Å². The van der Waals surface area contributed by atoms with Gasteiger partial charge in [0.1, 0.15) is 6.04 Å². The van der Waals surface area contributed by atoms with Gasteiger partial charge in [0.25, 0.3) is 10.2 Å². The number of rotatable bonds is 7. The lowest BCUT2D eigenvalue weighted by molar-refractivity contribution is -0.137. The van der Waals surface area contributed by atoms with Crippen LogP contribution in [0.1, 0.15) is 45.7 Å². The zero-order chi connectivity index (χ0) is 24.2. The van der Waals surface area contributed by atoms with Crippen molar-refractivity contribution in [1.82, 2.24) is 18.8 Å². The first-order valence-corrected chi connectivity index (χ1v) is 13.0. The maximum atomic E-state index is 13.4. The van der Waals surface area contributed by atoms with Crippen LogP contribution in [0.4, 0.5) is 0 Å². The van der Waals surface area contributed by atoms with Crippen molar-refractivity contribution in [3.63, 3.8) is 0 Å². The molecule has 3 atom stereocenters. The fourth-order valence-electron chi connectivity index (χ4n) is 4.33. The zero-order valence-electron chi connectivity index (χ0n) is 19.9. The minimum atomic E-state index is -3.63. The Morgan fingerprint density at radius 1 is 1.00 bits per heavy atom. The van der Waals surface area contributed by atoms with Gasteiger partial charge in [0.05, 0.1) is 12.2 Å². The summed E-state index contributed by atoms with van der Waals surface area (Å²) < 4.78 is 34.9. The SMILES string of the molecule is CC(C)CC(=O)NC(C(=O)N1CCN(S(=O)(=O)N2CC(C)OC(C)C2)CC1)c1ccccc1. The molecular formula is C23H36N4O5S. The summed E-state index contributed by atoms with van der Waals surface area (Å²) >= 11 is 0. The van der Waals surface area contributed by atoms with Crippen molar-refractivity contribution in [2.45, 2.75) is 52.4 Å². The number of benzene rings is 1. The van der Waals surface area contributed by atoms with Crippen molar-refractivity contribution in [1.29, 1.82) is 0 Å². The van der Waals surface area contributed by atoms with Gasteiger partial charge in [0, 0.05) is 45.7 Å². The maximum Gasteiger partial charge on any atom is 0.282 e. The second-order valence-electron chi connectivity index (χ2n) is 9.32. The van der Waals surface area contributed by atoms with Crippen LogP contribution in [0.2, 0.25) is 0 Å². The molecule has 2 aliphatic rings. The first kappa shape index (κ1) is 25.6. The molecule has 2 aliphatic heterocycles. The van der Waals surface area contributed by atoms with Gasteiger partial charge in [0.15, 0.2) is 0 Å². The monoisotopic (exact) mass is 480 g/mol. The van der Waals surface area contributed by atoms with E-state index in [9.17, 15) is 18.0 Å². The van der Waals surface area contributed by atoms with Crippen LogP contribution in [0.15, 0.2) is 30.3 Å². The summed E-state index contributed by atoms with van der Waals surface area (Å²) in [5.41, 5.74) is 0.714. The highest BCUT2D eigenvalue weighted by Gasteiger charge is 2.38. The second-order valence-corrected chi connectivity index (χ2v) is 11.2. The Morgan fingerprint density at radius 3 is 2.12 bits per heavy atom. The van der Waals surface area contributed by atoms with Gasteiger partial charge in [-0.2, -0.15) is 17.0 Å². The fraction of sp³-hybridized carbons (Fsp3) is 0.652.